The van der Waals surface area contributed by atoms with Crippen LogP contribution in [0.1, 0.15) is 31.7 Å². The molecule has 1 aliphatic heterocycles. The molecule has 2 aromatic rings. The van der Waals surface area contributed by atoms with Crippen molar-refractivity contribution in [2.45, 2.75) is 38.5 Å². The minimum absolute atomic E-state index is 0.516. The molecule has 108 valence electrons. The highest BCUT2D eigenvalue weighted by Gasteiger charge is 2.24. The van der Waals surface area contributed by atoms with E-state index in [1.807, 2.05) is 18.2 Å². The molecule has 5 nitrogen and oxygen atoms in total. The van der Waals surface area contributed by atoms with Crippen LogP contribution in [-0.2, 0) is 6.54 Å². The van der Waals surface area contributed by atoms with E-state index in [0.29, 0.717) is 11.7 Å². The minimum atomic E-state index is -0.574. The second-order valence-electron chi connectivity index (χ2n) is 5.78. The zero-order chi connectivity index (χ0) is 14.3. The monoisotopic (exact) mass is 274 g/mol. The molecule has 1 saturated heterocycles. The Labute approximate surface area is 119 Å². The number of imidazole rings is 1. The molecule has 0 bridgehead atoms. The molecule has 1 aromatic carbocycles. The first-order valence-electron chi connectivity index (χ1n) is 7.20. The summed E-state index contributed by atoms with van der Waals surface area (Å²) >= 11 is 0. The van der Waals surface area contributed by atoms with Gasteiger partial charge < -0.3 is 20.3 Å². The first kappa shape index (κ1) is 13.4. The maximum atomic E-state index is 9.99. The first-order chi connectivity index (χ1) is 9.56. The third-order valence-corrected chi connectivity index (χ3v) is 4.24. The number of likely N-dealkylation sites (tertiary alicyclic amines) is 1. The van der Waals surface area contributed by atoms with Crippen LogP contribution in [0.5, 0.6) is 0 Å². The number of hydrogen-bond acceptors (Lipinski definition) is 4. The number of fused-ring (bicyclic) bond motifs is 1. The van der Waals surface area contributed by atoms with Crippen LogP contribution in [0.15, 0.2) is 18.2 Å². The van der Waals surface area contributed by atoms with Crippen molar-refractivity contribution in [1.82, 2.24) is 14.5 Å². The number of nitrogens with zero attached hydrogens (tertiary/aromatic N) is 3. The van der Waals surface area contributed by atoms with Gasteiger partial charge in [0.25, 0.3) is 0 Å². The molecule has 0 aliphatic carbocycles. The normalized spacial score (nSPS) is 21.6. The summed E-state index contributed by atoms with van der Waals surface area (Å²) in [4.78, 5) is 6.94. The number of aliphatic hydroxyl groups excluding tert-OH is 1. The second-order valence-corrected chi connectivity index (χ2v) is 5.78. The SMILES string of the molecule is CC(O)c1nc2cc(N)ccc2n1CC1CCCN1C. The Morgan fingerprint density at radius 1 is 1.50 bits per heavy atom. The molecular formula is C15H22N4O. The molecule has 0 saturated carbocycles. The smallest absolute Gasteiger partial charge is 0.138 e. The molecule has 0 amide bonds. The van der Waals surface area contributed by atoms with Gasteiger partial charge in [0, 0.05) is 18.3 Å². The number of benzene rings is 1. The molecule has 2 unspecified atom stereocenters. The maximum absolute atomic E-state index is 9.99. The van der Waals surface area contributed by atoms with Crippen LogP contribution in [0, 0.1) is 0 Å². The number of rotatable bonds is 3. The van der Waals surface area contributed by atoms with Crippen molar-refractivity contribution in [3.8, 4) is 0 Å². The molecule has 1 aromatic heterocycles. The van der Waals surface area contributed by atoms with E-state index in [0.717, 1.165) is 29.9 Å². The lowest BCUT2D eigenvalue weighted by Gasteiger charge is -2.22. The van der Waals surface area contributed by atoms with E-state index >= 15 is 0 Å². The van der Waals surface area contributed by atoms with Gasteiger partial charge in [-0.05, 0) is 51.6 Å². The number of nitrogen functional groups attached to an aromatic ring is 1. The highest BCUT2D eigenvalue weighted by molar-refractivity contribution is 5.79. The molecule has 1 fully saturated rings. The van der Waals surface area contributed by atoms with Crippen LogP contribution in [0.4, 0.5) is 5.69 Å². The number of likely N-dealkylation sites (N-methyl/N-ethyl adjacent to an activating group) is 1. The Morgan fingerprint density at radius 3 is 2.95 bits per heavy atom. The topological polar surface area (TPSA) is 67.3 Å². The van der Waals surface area contributed by atoms with Crippen molar-refractivity contribution < 1.29 is 5.11 Å². The molecule has 0 radical (unpaired) electrons. The number of aliphatic hydroxyl groups is 1. The van der Waals surface area contributed by atoms with Crippen LogP contribution < -0.4 is 5.73 Å². The van der Waals surface area contributed by atoms with E-state index < -0.39 is 6.10 Å². The second kappa shape index (κ2) is 5.07. The fourth-order valence-electron chi connectivity index (χ4n) is 3.10. The molecule has 2 atom stereocenters. The summed E-state index contributed by atoms with van der Waals surface area (Å²) in [5.41, 5.74) is 8.44. The molecule has 3 N–H and O–H groups in total. The van der Waals surface area contributed by atoms with Crippen LogP contribution >= 0.6 is 0 Å². The third-order valence-electron chi connectivity index (χ3n) is 4.24. The van der Waals surface area contributed by atoms with E-state index in [-0.39, 0.29) is 0 Å². The highest BCUT2D eigenvalue weighted by atomic mass is 16.3. The Balaban J connectivity index is 2.04. The van der Waals surface area contributed by atoms with Crippen molar-refractivity contribution >= 4 is 16.7 Å². The van der Waals surface area contributed by atoms with Crippen molar-refractivity contribution in [3.63, 3.8) is 0 Å². The van der Waals surface area contributed by atoms with Gasteiger partial charge in [0.05, 0.1) is 11.0 Å². The zero-order valence-corrected chi connectivity index (χ0v) is 12.1. The molecule has 5 heteroatoms. The standard InChI is InChI=1S/C15H22N4O/c1-10(20)15-17-13-8-11(16)5-6-14(13)19(15)9-12-4-3-7-18(12)2/h5-6,8,10,12,20H,3-4,7,9,16H2,1-2H3. The third kappa shape index (κ3) is 2.27. The van der Waals surface area contributed by atoms with Gasteiger partial charge in [-0.3, -0.25) is 0 Å². The number of nitrogens with two attached hydrogens (primary N) is 1. The molecule has 1 aliphatic rings. The van der Waals surface area contributed by atoms with Crippen molar-refractivity contribution in [2.24, 2.45) is 0 Å². The highest BCUT2D eigenvalue weighted by Crippen LogP contribution is 2.25. The van der Waals surface area contributed by atoms with Crippen LogP contribution in [-0.4, -0.2) is 39.2 Å². The molecule has 20 heavy (non-hydrogen) atoms. The van der Waals surface area contributed by atoms with Gasteiger partial charge in [-0.15, -0.1) is 0 Å². The number of aromatic nitrogens is 2. The number of hydrogen-bond donors (Lipinski definition) is 2. The van der Waals surface area contributed by atoms with E-state index in [4.69, 9.17) is 5.73 Å². The fraction of sp³-hybridized carbons (Fsp3) is 0.533. The Bertz CT molecular complexity index is 620. The van der Waals surface area contributed by atoms with Gasteiger partial charge in [0.15, 0.2) is 0 Å². The first-order valence-corrected chi connectivity index (χ1v) is 7.20. The summed E-state index contributed by atoms with van der Waals surface area (Å²) < 4.78 is 2.14. The van der Waals surface area contributed by atoms with Crippen LogP contribution in [0.2, 0.25) is 0 Å². The van der Waals surface area contributed by atoms with E-state index in [1.54, 1.807) is 6.92 Å². The van der Waals surface area contributed by atoms with Gasteiger partial charge in [-0.1, -0.05) is 0 Å². The van der Waals surface area contributed by atoms with E-state index in [2.05, 4.69) is 21.5 Å². The van der Waals surface area contributed by atoms with Crippen LogP contribution in [0.3, 0.4) is 0 Å². The average molecular weight is 274 g/mol. The Kier molecular flexibility index (Phi) is 3.40. The largest absolute Gasteiger partial charge is 0.399 e. The van der Waals surface area contributed by atoms with Gasteiger partial charge in [0.1, 0.15) is 11.9 Å². The summed E-state index contributed by atoms with van der Waals surface area (Å²) in [5, 5.41) is 9.99. The predicted octanol–water partition coefficient (Wildman–Crippen LogP) is 1.77. The lowest BCUT2D eigenvalue weighted by atomic mass is 10.2. The lowest BCUT2D eigenvalue weighted by Crippen LogP contribution is -2.30. The predicted molar refractivity (Wildman–Crippen MR) is 80.4 cm³/mol. The maximum Gasteiger partial charge on any atom is 0.138 e. The summed E-state index contributed by atoms with van der Waals surface area (Å²) in [6, 6.07) is 6.28. The van der Waals surface area contributed by atoms with E-state index in [1.165, 1.54) is 12.8 Å². The lowest BCUT2D eigenvalue weighted by molar-refractivity contribution is 0.180. The Hall–Kier alpha value is -1.59. The summed E-state index contributed by atoms with van der Waals surface area (Å²) in [7, 11) is 2.16. The summed E-state index contributed by atoms with van der Waals surface area (Å²) in [6.45, 7) is 3.78. The van der Waals surface area contributed by atoms with Gasteiger partial charge in [-0.2, -0.15) is 0 Å². The van der Waals surface area contributed by atoms with E-state index in [9.17, 15) is 5.11 Å². The average Bonchev–Trinajstić information content (AvgIpc) is 2.95. The molecule has 3 rings (SSSR count). The van der Waals surface area contributed by atoms with Crippen molar-refractivity contribution in [2.75, 3.05) is 19.3 Å². The zero-order valence-electron chi connectivity index (χ0n) is 12.1. The molecule has 2 heterocycles. The van der Waals surface area contributed by atoms with Crippen LogP contribution in [0.25, 0.3) is 11.0 Å². The molecular weight excluding hydrogens is 252 g/mol. The van der Waals surface area contributed by atoms with Gasteiger partial charge >= 0.3 is 0 Å². The van der Waals surface area contributed by atoms with Gasteiger partial charge in [0.2, 0.25) is 0 Å². The molecule has 0 spiro atoms. The fourth-order valence-corrected chi connectivity index (χ4v) is 3.10. The van der Waals surface area contributed by atoms with Crippen molar-refractivity contribution in [1.29, 1.82) is 0 Å². The number of anilines is 1. The minimum Gasteiger partial charge on any atom is -0.399 e. The quantitative estimate of drug-likeness (QED) is 0.837. The van der Waals surface area contributed by atoms with Gasteiger partial charge in [-0.25, -0.2) is 4.98 Å². The summed E-state index contributed by atoms with van der Waals surface area (Å²) in [6.07, 6.45) is 1.87. The summed E-state index contributed by atoms with van der Waals surface area (Å²) in [5.74, 6) is 0.728. The van der Waals surface area contributed by atoms with Crippen molar-refractivity contribution in [3.05, 3.63) is 24.0 Å². The Morgan fingerprint density at radius 2 is 2.30 bits per heavy atom.